The van der Waals surface area contributed by atoms with Crippen molar-refractivity contribution in [3.63, 3.8) is 0 Å². The molecule has 1 fully saturated rings. The molecule has 0 saturated carbocycles. The van der Waals surface area contributed by atoms with Crippen LogP contribution in [-0.2, 0) is 11.8 Å². The minimum atomic E-state index is -0.544. The van der Waals surface area contributed by atoms with Crippen molar-refractivity contribution in [1.82, 2.24) is 15.0 Å². The van der Waals surface area contributed by atoms with Crippen LogP contribution >= 0.6 is 24.0 Å². The number of thioether (sulfide) groups is 1. The predicted molar refractivity (Wildman–Crippen MR) is 131 cm³/mol. The van der Waals surface area contributed by atoms with Gasteiger partial charge in [0.1, 0.15) is 0 Å². The molecule has 1 N–H and O–H groups in total. The number of nitrogens with one attached hydrogen (secondary N) is 1. The van der Waals surface area contributed by atoms with Crippen LogP contribution in [0.4, 0.5) is 0 Å². The van der Waals surface area contributed by atoms with Crippen LogP contribution in [0.5, 0.6) is 17.2 Å². The molecule has 2 heterocycles. The van der Waals surface area contributed by atoms with Gasteiger partial charge in [0, 0.05) is 35.3 Å². The summed E-state index contributed by atoms with van der Waals surface area (Å²) in [6, 6.07) is 10.9. The average molecular weight is 484 g/mol. The number of thiocarbonyl (C=S) groups is 1. The smallest absolute Gasteiger partial charge is 0.285 e. The quantitative estimate of drug-likeness (QED) is 0.422. The van der Waals surface area contributed by atoms with Crippen molar-refractivity contribution >= 4 is 57.1 Å². The lowest BCUT2D eigenvalue weighted by molar-refractivity contribution is -0.123. The summed E-state index contributed by atoms with van der Waals surface area (Å²) in [4.78, 5) is 26.4. The Bertz CT molecular complexity index is 1290. The average Bonchev–Trinajstić information content (AvgIpc) is 3.28. The summed E-state index contributed by atoms with van der Waals surface area (Å²) in [5.74, 6) is 0.0577. The summed E-state index contributed by atoms with van der Waals surface area (Å²) in [5.41, 5.74) is 4.74. The number of hydrazine groups is 1. The van der Waals surface area contributed by atoms with E-state index in [0.717, 1.165) is 33.2 Å². The summed E-state index contributed by atoms with van der Waals surface area (Å²) in [6.45, 7) is 0. The van der Waals surface area contributed by atoms with E-state index in [0.29, 0.717) is 22.2 Å². The topological polar surface area (TPSA) is 82.0 Å². The van der Waals surface area contributed by atoms with Crippen molar-refractivity contribution in [2.24, 2.45) is 7.05 Å². The number of carbonyl (C=O) groups excluding carboxylic acids is 2. The molecule has 2 amide bonds. The zero-order valence-corrected chi connectivity index (χ0v) is 20.0. The van der Waals surface area contributed by atoms with Gasteiger partial charge >= 0.3 is 0 Å². The largest absolute Gasteiger partial charge is 0.493 e. The van der Waals surface area contributed by atoms with Gasteiger partial charge in [-0.05, 0) is 36.5 Å². The third-order valence-corrected chi connectivity index (χ3v) is 6.45. The fraction of sp³-hybridized carbons (Fsp3) is 0.174. The van der Waals surface area contributed by atoms with Gasteiger partial charge in [0.25, 0.3) is 11.8 Å². The van der Waals surface area contributed by atoms with Crippen molar-refractivity contribution in [3.8, 4) is 17.2 Å². The van der Waals surface area contributed by atoms with E-state index in [2.05, 4.69) is 5.43 Å². The highest BCUT2D eigenvalue weighted by molar-refractivity contribution is 8.26. The number of para-hydroxylation sites is 1. The first-order chi connectivity index (χ1) is 15.9. The maximum Gasteiger partial charge on any atom is 0.285 e. The first-order valence-corrected chi connectivity index (χ1v) is 11.0. The number of carbonyl (C=O) groups is 2. The number of aromatic nitrogens is 1. The molecule has 10 heteroatoms. The number of benzene rings is 2. The highest BCUT2D eigenvalue weighted by atomic mass is 32.2. The normalized spacial score (nSPS) is 14.8. The van der Waals surface area contributed by atoms with Gasteiger partial charge in [0.05, 0.1) is 26.2 Å². The Morgan fingerprint density at radius 1 is 1.09 bits per heavy atom. The molecule has 8 nitrogen and oxygen atoms in total. The van der Waals surface area contributed by atoms with E-state index in [1.807, 2.05) is 42.1 Å². The number of ether oxygens (including phenoxy) is 3. The highest BCUT2D eigenvalue weighted by Crippen LogP contribution is 2.38. The van der Waals surface area contributed by atoms with E-state index in [1.165, 1.54) is 33.5 Å². The molecular formula is C23H21N3O5S2. The van der Waals surface area contributed by atoms with Gasteiger partial charge in [0.2, 0.25) is 5.75 Å². The summed E-state index contributed by atoms with van der Waals surface area (Å²) >= 11 is 6.48. The molecule has 0 aliphatic carbocycles. The summed E-state index contributed by atoms with van der Waals surface area (Å²) in [5, 5.41) is 2.09. The standard InChI is InChI=1S/C23H21N3O5S2/c1-25-12-14(15-7-5-6-8-16(15)25)11-19-22(28)26(23(32)33-19)24-21(27)13-9-17(29-2)20(31-4)18(10-13)30-3/h5-12H,1-4H3,(H,24,27)/b19-11-. The second kappa shape index (κ2) is 9.16. The Morgan fingerprint density at radius 2 is 1.76 bits per heavy atom. The lowest BCUT2D eigenvalue weighted by atomic mass is 10.1. The second-order valence-corrected chi connectivity index (χ2v) is 8.76. The molecule has 0 atom stereocenters. The summed E-state index contributed by atoms with van der Waals surface area (Å²) < 4.78 is 18.1. The number of nitrogens with zero attached hydrogens (tertiary/aromatic N) is 2. The zero-order valence-electron chi connectivity index (χ0n) is 18.4. The number of fused-ring (bicyclic) bond motifs is 1. The summed E-state index contributed by atoms with van der Waals surface area (Å²) in [6.07, 6.45) is 3.74. The van der Waals surface area contributed by atoms with Crippen molar-refractivity contribution < 1.29 is 23.8 Å². The molecule has 0 bridgehead atoms. The molecule has 0 unspecified atom stereocenters. The van der Waals surface area contributed by atoms with Crippen LogP contribution in [0.3, 0.4) is 0 Å². The fourth-order valence-corrected chi connectivity index (χ4v) is 4.74. The van der Waals surface area contributed by atoms with Crippen LogP contribution in [-0.4, -0.2) is 47.0 Å². The van der Waals surface area contributed by atoms with Gasteiger partial charge in [-0.15, -0.1) is 0 Å². The second-order valence-electron chi connectivity index (χ2n) is 7.08. The molecule has 3 aromatic rings. The Kier molecular flexibility index (Phi) is 6.30. The van der Waals surface area contributed by atoms with E-state index in [-0.39, 0.29) is 9.88 Å². The molecule has 1 saturated heterocycles. The molecular weight excluding hydrogens is 462 g/mol. The monoisotopic (exact) mass is 483 g/mol. The molecule has 0 spiro atoms. The SMILES string of the molecule is COc1cc(C(=O)NN2C(=O)/C(=C/c3cn(C)c4ccccc34)SC2=S)cc(OC)c1OC. The van der Waals surface area contributed by atoms with E-state index in [9.17, 15) is 9.59 Å². The third kappa shape index (κ3) is 4.14. The van der Waals surface area contributed by atoms with Gasteiger partial charge in [-0.2, -0.15) is 5.01 Å². The van der Waals surface area contributed by atoms with Gasteiger partial charge < -0.3 is 18.8 Å². The Labute approximate surface area is 200 Å². The number of hydrogen-bond acceptors (Lipinski definition) is 7. The van der Waals surface area contributed by atoms with E-state index < -0.39 is 11.8 Å². The Hall–Kier alpha value is -3.50. The van der Waals surface area contributed by atoms with Crippen LogP contribution < -0.4 is 19.6 Å². The van der Waals surface area contributed by atoms with E-state index in [1.54, 1.807) is 6.08 Å². The maximum atomic E-state index is 13.0. The lowest BCUT2D eigenvalue weighted by Crippen LogP contribution is -2.44. The van der Waals surface area contributed by atoms with Crippen LogP contribution in [0.15, 0.2) is 47.5 Å². The first-order valence-electron chi connectivity index (χ1n) is 9.81. The highest BCUT2D eigenvalue weighted by Gasteiger charge is 2.34. The first kappa shape index (κ1) is 22.7. The molecule has 0 radical (unpaired) electrons. The Balaban J connectivity index is 1.60. The zero-order chi connectivity index (χ0) is 23.7. The maximum absolute atomic E-state index is 13.0. The number of methoxy groups -OCH3 is 3. The van der Waals surface area contributed by atoms with Crippen molar-refractivity contribution in [3.05, 3.63) is 58.6 Å². The van der Waals surface area contributed by atoms with Crippen molar-refractivity contribution in [2.45, 2.75) is 0 Å². The third-order valence-electron chi connectivity index (χ3n) is 5.15. The Morgan fingerprint density at radius 3 is 2.39 bits per heavy atom. The number of amides is 2. The molecule has 170 valence electrons. The number of hydrogen-bond donors (Lipinski definition) is 1. The summed E-state index contributed by atoms with van der Waals surface area (Å²) in [7, 11) is 6.34. The molecule has 1 aliphatic heterocycles. The minimum Gasteiger partial charge on any atom is -0.493 e. The van der Waals surface area contributed by atoms with Crippen LogP contribution in [0, 0.1) is 0 Å². The molecule has 2 aromatic carbocycles. The molecule has 1 aromatic heterocycles. The van der Waals surface area contributed by atoms with E-state index in [4.69, 9.17) is 26.4 Å². The van der Waals surface area contributed by atoms with Crippen LogP contribution in [0.2, 0.25) is 0 Å². The van der Waals surface area contributed by atoms with Gasteiger partial charge in [-0.3, -0.25) is 15.0 Å². The molecule has 4 rings (SSSR count). The van der Waals surface area contributed by atoms with E-state index >= 15 is 0 Å². The van der Waals surface area contributed by atoms with Crippen molar-refractivity contribution in [2.75, 3.05) is 21.3 Å². The number of rotatable bonds is 6. The molecule has 33 heavy (non-hydrogen) atoms. The van der Waals surface area contributed by atoms with Gasteiger partial charge in [0.15, 0.2) is 15.8 Å². The fourth-order valence-electron chi connectivity index (χ4n) is 3.57. The lowest BCUT2D eigenvalue weighted by Gasteiger charge is -2.17. The van der Waals surface area contributed by atoms with Gasteiger partial charge in [-0.25, -0.2) is 0 Å². The minimum absolute atomic E-state index is 0.219. The molecule has 1 aliphatic rings. The van der Waals surface area contributed by atoms with Crippen LogP contribution in [0.1, 0.15) is 15.9 Å². The van der Waals surface area contributed by atoms with Crippen LogP contribution in [0.25, 0.3) is 17.0 Å². The van der Waals surface area contributed by atoms with Gasteiger partial charge in [-0.1, -0.05) is 30.0 Å². The number of aryl methyl sites for hydroxylation is 1. The predicted octanol–water partition coefficient (Wildman–Crippen LogP) is 3.75. The van der Waals surface area contributed by atoms with Crippen molar-refractivity contribution in [1.29, 1.82) is 0 Å².